The van der Waals surface area contributed by atoms with Crippen molar-refractivity contribution in [2.24, 2.45) is 0 Å². The Bertz CT molecular complexity index is 1180. The van der Waals surface area contributed by atoms with E-state index in [4.69, 9.17) is 0 Å². The molecule has 0 fully saturated rings. The molecule has 0 bridgehead atoms. The molecule has 3 nitrogen and oxygen atoms in total. The van der Waals surface area contributed by atoms with Crippen LogP contribution < -0.4 is 0 Å². The molecule has 2 atom stereocenters. The fourth-order valence-electron chi connectivity index (χ4n) is 4.67. The second-order valence-corrected chi connectivity index (χ2v) is 9.63. The fraction of sp³-hybridized carbons (Fsp3) is 0.345. The normalized spacial score (nSPS) is 16.6. The standard InChI is InChI=1S/C29H31F3N2O/c1-19(33(2)3)23-9-10-25-18-27(16-13-24(25)17-23)34(4)28(35)22-7-5-20(6-8-22)21-11-14-26(15-12-21)29(30,31)32/h5-12,14-15,17,19,27H,13,16,18H2,1-4H3. The molecular weight excluding hydrogens is 449 g/mol. The van der Waals surface area contributed by atoms with Gasteiger partial charge in [-0.05, 0) is 92.4 Å². The molecule has 0 saturated carbocycles. The van der Waals surface area contributed by atoms with Crippen LogP contribution in [0.5, 0.6) is 0 Å². The molecule has 6 heteroatoms. The van der Waals surface area contributed by atoms with Gasteiger partial charge in [-0.3, -0.25) is 4.79 Å². The van der Waals surface area contributed by atoms with E-state index >= 15 is 0 Å². The highest BCUT2D eigenvalue weighted by Crippen LogP contribution is 2.32. The molecule has 3 aromatic carbocycles. The molecule has 0 spiro atoms. The number of alkyl halides is 3. The minimum absolute atomic E-state index is 0.0460. The van der Waals surface area contributed by atoms with Crippen LogP contribution in [0.1, 0.15) is 52.0 Å². The van der Waals surface area contributed by atoms with Crippen LogP contribution in [0.25, 0.3) is 11.1 Å². The number of hydrogen-bond acceptors (Lipinski definition) is 2. The van der Waals surface area contributed by atoms with E-state index in [2.05, 4.69) is 44.1 Å². The van der Waals surface area contributed by atoms with Crippen molar-refractivity contribution in [3.8, 4) is 11.1 Å². The summed E-state index contributed by atoms with van der Waals surface area (Å²) in [4.78, 5) is 17.2. The van der Waals surface area contributed by atoms with Crippen LogP contribution in [0.2, 0.25) is 0 Å². The van der Waals surface area contributed by atoms with Gasteiger partial charge in [0.2, 0.25) is 0 Å². The van der Waals surface area contributed by atoms with Crippen molar-refractivity contribution >= 4 is 5.91 Å². The fourth-order valence-corrected chi connectivity index (χ4v) is 4.67. The van der Waals surface area contributed by atoms with Gasteiger partial charge < -0.3 is 9.80 Å². The molecule has 4 rings (SSSR count). The summed E-state index contributed by atoms with van der Waals surface area (Å²) in [6.07, 6.45) is -1.67. The lowest BCUT2D eigenvalue weighted by Crippen LogP contribution is -2.40. The lowest BCUT2D eigenvalue weighted by Gasteiger charge is -2.33. The Morgan fingerprint density at radius 2 is 1.49 bits per heavy atom. The molecule has 0 radical (unpaired) electrons. The Hall–Kier alpha value is -3.12. The third-order valence-electron chi connectivity index (χ3n) is 7.24. The number of fused-ring (bicyclic) bond motifs is 1. The van der Waals surface area contributed by atoms with E-state index in [1.54, 1.807) is 24.3 Å². The van der Waals surface area contributed by atoms with E-state index in [1.165, 1.54) is 28.8 Å². The van der Waals surface area contributed by atoms with E-state index in [0.717, 1.165) is 37.0 Å². The van der Waals surface area contributed by atoms with E-state index in [1.807, 2.05) is 11.9 Å². The maximum absolute atomic E-state index is 13.2. The first-order valence-electron chi connectivity index (χ1n) is 11.9. The van der Waals surface area contributed by atoms with Crippen LogP contribution >= 0.6 is 0 Å². The van der Waals surface area contributed by atoms with Gasteiger partial charge in [-0.2, -0.15) is 13.2 Å². The minimum atomic E-state index is -4.36. The quantitative estimate of drug-likeness (QED) is 0.410. The van der Waals surface area contributed by atoms with Gasteiger partial charge in [0.1, 0.15) is 0 Å². The molecule has 0 N–H and O–H groups in total. The molecule has 184 valence electrons. The maximum Gasteiger partial charge on any atom is 0.416 e. The number of carbonyl (C=O) groups is 1. The Morgan fingerprint density at radius 3 is 2.06 bits per heavy atom. The van der Waals surface area contributed by atoms with Crippen molar-refractivity contribution in [2.45, 2.75) is 44.4 Å². The summed E-state index contributed by atoms with van der Waals surface area (Å²) in [7, 11) is 6.01. The molecule has 35 heavy (non-hydrogen) atoms. The highest BCUT2D eigenvalue weighted by atomic mass is 19.4. The third kappa shape index (κ3) is 5.43. The summed E-state index contributed by atoms with van der Waals surface area (Å²) in [6.45, 7) is 2.20. The molecule has 3 aromatic rings. The summed E-state index contributed by atoms with van der Waals surface area (Å²) in [6, 6.07) is 19.3. The number of hydrogen-bond donors (Lipinski definition) is 0. The summed E-state index contributed by atoms with van der Waals surface area (Å²) in [5.74, 6) is -0.0460. The second kappa shape index (κ2) is 9.86. The zero-order valence-electron chi connectivity index (χ0n) is 20.6. The Morgan fingerprint density at radius 1 is 0.886 bits per heavy atom. The first kappa shape index (κ1) is 25.0. The molecule has 0 aromatic heterocycles. The number of likely N-dealkylation sites (N-methyl/N-ethyl adjacent to an activating group) is 1. The highest BCUT2D eigenvalue weighted by molar-refractivity contribution is 5.94. The average Bonchev–Trinajstić information content (AvgIpc) is 2.86. The number of aryl methyl sites for hydroxylation is 1. The first-order chi connectivity index (χ1) is 16.5. The van der Waals surface area contributed by atoms with Crippen molar-refractivity contribution in [2.75, 3.05) is 21.1 Å². The van der Waals surface area contributed by atoms with E-state index in [0.29, 0.717) is 17.2 Å². The van der Waals surface area contributed by atoms with Crippen molar-refractivity contribution in [3.05, 3.63) is 94.5 Å². The van der Waals surface area contributed by atoms with Crippen LogP contribution in [0, 0.1) is 0 Å². The number of nitrogens with zero attached hydrogens (tertiary/aromatic N) is 2. The number of carbonyl (C=O) groups excluding carboxylic acids is 1. The number of rotatable bonds is 5. The average molecular weight is 481 g/mol. The lowest BCUT2D eigenvalue weighted by molar-refractivity contribution is -0.137. The molecule has 0 saturated heterocycles. The van der Waals surface area contributed by atoms with Crippen molar-refractivity contribution in [1.29, 1.82) is 0 Å². The summed E-state index contributed by atoms with van der Waals surface area (Å²) in [5, 5.41) is 0. The Labute approximate surface area is 205 Å². The van der Waals surface area contributed by atoms with Gasteiger partial charge in [-0.25, -0.2) is 0 Å². The van der Waals surface area contributed by atoms with Crippen molar-refractivity contribution in [1.82, 2.24) is 9.80 Å². The predicted molar refractivity (Wildman–Crippen MR) is 133 cm³/mol. The van der Waals surface area contributed by atoms with Crippen LogP contribution in [-0.2, 0) is 19.0 Å². The van der Waals surface area contributed by atoms with E-state index in [-0.39, 0.29) is 11.9 Å². The topological polar surface area (TPSA) is 23.6 Å². The highest BCUT2D eigenvalue weighted by Gasteiger charge is 2.30. The Kier molecular flexibility index (Phi) is 7.04. The number of benzene rings is 3. The minimum Gasteiger partial charge on any atom is -0.338 e. The van der Waals surface area contributed by atoms with Crippen LogP contribution in [0.15, 0.2) is 66.7 Å². The zero-order valence-corrected chi connectivity index (χ0v) is 20.6. The smallest absolute Gasteiger partial charge is 0.338 e. The molecule has 0 aliphatic heterocycles. The molecule has 1 amide bonds. The monoisotopic (exact) mass is 480 g/mol. The van der Waals surface area contributed by atoms with Gasteiger partial charge in [-0.1, -0.05) is 42.5 Å². The molecule has 2 unspecified atom stereocenters. The number of amides is 1. The van der Waals surface area contributed by atoms with Gasteiger partial charge in [0.05, 0.1) is 5.56 Å². The van der Waals surface area contributed by atoms with Gasteiger partial charge >= 0.3 is 6.18 Å². The SMILES string of the molecule is CC(c1ccc2c(c1)CCC(N(C)C(=O)c1ccc(-c3ccc(C(F)(F)F)cc3)cc1)C2)N(C)C. The van der Waals surface area contributed by atoms with Crippen molar-refractivity contribution < 1.29 is 18.0 Å². The predicted octanol–water partition coefficient (Wildman–Crippen LogP) is 6.62. The maximum atomic E-state index is 13.2. The van der Waals surface area contributed by atoms with Crippen LogP contribution in [-0.4, -0.2) is 42.9 Å². The molecular formula is C29H31F3N2O. The molecule has 1 aliphatic rings. The van der Waals surface area contributed by atoms with Gasteiger partial charge in [0, 0.05) is 24.7 Å². The van der Waals surface area contributed by atoms with Gasteiger partial charge in [0.15, 0.2) is 0 Å². The molecule has 1 aliphatic carbocycles. The van der Waals surface area contributed by atoms with Crippen LogP contribution in [0.4, 0.5) is 13.2 Å². The van der Waals surface area contributed by atoms with E-state index in [9.17, 15) is 18.0 Å². The van der Waals surface area contributed by atoms with Crippen LogP contribution in [0.3, 0.4) is 0 Å². The number of halogens is 3. The van der Waals surface area contributed by atoms with E-state index < -0.39 is 11.7 Å². The largest absolute Gasteiger partial charge is 0.416 e. The summed E-state index contributed by atoms with van der Waals surface area (Å²) < 4.78 is 38.4. The second-order valence-electron chi connectivity index (χ2n) is 9.63. The van der Waals surface area contributed by atoms with Gasteiger partial charge in [0.25, 0.3) is 5.91 Å². The summed E-state index contributed by atoms with van der Waals surface area (Å²) in [5.41, 5.74) is 5.33. The van der Waals surface area contributed by atoms with Gasteiger partial charge in [-0.15, -0.1) is 0 Å². The summed E-state index contributed by atoms with van der Waals surface area (Å²) >= 11 is 0. The first-order valence-corrected chi connectivity index (χ1v) is 11.9. The third-order valence-corrected chi connectivity index (χ3v) is 7.24. The Balaban J connectivity index is 1.44. The lowest BCUT2D eigenvalue weighted by atomic mass is 9.85. The van der Waals surface area contributed by atoms with Crippen molar-refractivity contribution in [3.63, 3.8) is 0 Å². The zero-order chi connectivity index (χ0) is 25.3. The molecule has 0 heterocycles.